The second kappa shape index (κ2) is 8.93. The number of methoxy groups -OCH3 is 1. The Labute approximate surface area is 180 Å². The molecule has 0 bridgehead atoms. The van der Waals surface area contributed by atoms with Crippen molar-refractivity contribution < 1.29 is 9.53 Å². The standard InChI is InChI=1S/C25H22N2O2S/c1-17-24(21-12-14-22(29-2)15-13-21)27-25(30-17)26-23(28)16-18-8-10-20(11-9-18)19-6-4-3-5-7-19/h3-15H,16H2,1-2H3,(H,26,27,28). The Morgan fingerprint density at radius 3 is 2.20 bits per heavy atom. The average Bonchev–Trinajstić information content (AvgIpc) is 3.14. The van der Waals surface area contributed by atoms with E-state index < -0.39 is 0 Å². The molecule has 0 unspecified atom stereocenters. The summed E-state index contributed by atoms with van der Waals surface area (Å²) in [6.07, 6.45) is 0.311. The molecule has 4 nitrogen and oxygen atoms in total. The summed E-state index contributed by atoms with van der Waals surface area (Å²) in [5.74, 6) is 0.732. The number of thiazole rings is 1. The molecule has 0 aliphatic heterocycles. The summed E-state index contributed by atoms with van der Waals surface area (Å²) in [5.41, 5.74) is 5.15. The summed E-state index contributed by atoms with van der Waals surface area (Å²) >= 11 is 1.48. The predicted molar refractivity (Wildman–Crippen MR) is 123 cm³/mol. The molecule has 1 aromatic heterocycles. The minimum atomic E-state index is -0.0718. The molecular weight excluding hydrogens is 392 g/mol. The third-order valence-electron chi connectivity index (χ3n) is 4.83. The van der Waals surface area contributed by atoms with E-state index in [0.717, 1.165) is 38.6 Å². The van der Waals surface area contributed by atoms with E-state index in [2.05, 4.69) is 22.4 Å². The summed E-state index contributed by atoms with van der Waals surface area (Å²) in [6, 6.07) is 26.1. The Balaban J connectivity index is 1.41. The number of ether oxygens (including phenoxy) is 1. The van der Waals surface area contributed by atoms with Crippen LogP contribution in [-0.2, 0) is 11.2 Å². The molecule has 1 N–H and O–H groups in total. The van der Waals surface area contributed by atoms with Crippen LogP contribution in [0.4, 0.5) is 5.13 Å². The van der Waals surface area contributed by atoms with Crippen molar-refractivity contribution in [2.75, 3.05) is 12.4 Å². The Kier molecular flexibility index (Phi) is 5.91. The van der Waals surface area contributed by atoms with Crippen molar-refractivity contribution in [2.24, 2.45) is 0 Å². The maximum absolute atomic E-state index is 12.5. The Hall–Kier alpha value is -3.44. The zero-order valence-corrected chi connectivity index (χ0v) is 17.7. The number of amides is 1. The highest BCUT2D eigenvalue weighted by Crippen LogP contribution is 2.31. The van der Waals surface area contributed by atoms with Gasteiger partial charge >= 0.3 is 0 Å². The van der Waals surface area contributed by atoms with Crippen molar-refractivity contribution >= 4 is 22.4 Å². The minimum Gasteiger partial charge on any atom is -0.497 e. The van der Waals surface area contributed by atoms with Gasteiger partial charge in [0.1, 0.15) is 5.75 Å². The van der Waals surface area contributed by atoms with Gasteiger partial charge in [0.2, 0.25) is 5.91 Å². The van der Waals surface area contributed by atoms with Gasteiger partial charge < -0.3 is 10.1 Å². The van der Waals surface area contributed by atoms with Crippen LogP contribution >= 0.6 is 11.3 Å². The second-order valence-corrected chi connectivity index (χ2v) is 8.14. The monoisotopic (exact) mass is 414 g/mol. The smallest absolute Gasteiger partial charge is 0.230 e. The molecular formula is C25H22N2O2S. The van der Waals surface area contributed by atoms with Crippen molar-refractivity contribution in [3.8, 4) is 28.1 Å². The fourth-order valence-corrected chi connectivity index (χ4v) is 4.11. The lowest BCUT2D eigenvalue weighted by Crippen LogP contribution is -2.14. The van der Waals surface area contributed by atoms with E-state index in [-0.39, 0.29) is 5.91 Å². The fraction of sp³-hybridized carbons (Fsp3) is 0.120. The Morgan fingerprint density at radius 2 is 1.53 bits per heavy atom. The molecule has 30 heavy (non-hydrogen) atoms. The Morgan fingerprint density at radius 1 is 0.900 bits per heavy atom. The number of hydrogen-bond donors (Lipinski definition) is 1. The molecule has 0 aliphatic rings. The molecule has 4 aromatic rings. The maximum atomic E-state index is 12.5. The SMILES string of the molecule is COc1ccc(-c2nc(NC(=O)Cc3ccc(-c4ccccc4)cc3)sc2C)cc1. The number of nitrogens with one attached hydrogen (secondary N) is 1. The van der Waals surface area contributed by atoms with Gasteiger partial charge in [0.25, 0.3) is 0 Å². The third kappa shape index (κ3) is 4.58. The van der Waals surface area contributed by atoms with Crippen molar-refractivity contribution in [1.82, 2.24) is 4.98 Å². The maximum Gasteiger partial charge on any atom is 0.230 e. The number of hydrogen-bond acceptors (Lipinski definition) is 4. The molecule has 0 fully saturated rings. The first-order valence-corrected chi connectivity index (χ1v) is 10.5. The van der Waals surface area contributed by atoms with E-state index in [1.165, 1.54) is 11.3 Å². The van der Waals surface area contributed by atoms with Gasteiger partial charge in [0, 0.05) is 10.4 Å². The number of anilines is 1. The van der Waals surface area contributed by atoms with Gasteiger partial charge in [-0.05, 0) is 47.9 Å². The van der Waals surface area contributed by atoms with E-state index in [0.29, 0.717) is 11.6 Å². The van der Waals surface area contributed by atoms with E-state index in [1.54, 1.807) is 7.11 Å². The van der Waals surface area contributed by atoms with Crippen LogP contribution in [0.15, 0.2) is 78.9 Å². The summed E-state index contributed by atoms with van der Waals surface area (Å²) in [7, 11) is 1.64. The van der Waals surface area contributed by atoms with Crippen molar-refractivity contribution in [3.05, 3.63) is 89.3 Å². The normalized spacial score (nSPS) is 10.6. The van der Waals surface area contributed by atoms with Crippen LogP contribution in [0.5, 0.6) is 5.75 Å². The average molecular weight is 415 g/mol. The van der Waals surface area contributed by atoms with Gasteiger partial charge in [-0.1, -0.05) is 54.6 Å². The molecule has 1 amide bonds. The quantitative estimate of drug-likeness (QED) is 0.422. The zero-order valence-electron chi connectivity index (χ0n) is 16.9. The van der Waals surface area contributed by atoms with Crippen LogP contribution < -0.4 is 10.1 Å². The number of rotatable bonds is 6. The van der Waals surface area contributed by atoms with Crippen LogP contribution in [-0.4, -0.2) is 18.0 Å². The Bertz CT molecular complexity index is 1130. The molecule has 0 aliphatic carbocycles. The molecule has 3 aromatic carbocycles. The first-order chi connectivity index (χ1) is 14.6. The number of aryl methyl sites for hydroxylation is 1. The lowest BCUT2D eigenvalue weighted by atomic mass is 10.0. The van der Waals surface area contributed by atoms with E-state index >= 15 is 0 Å². The first-order valence-electron chi connectivity index (χ1n) is 9.68. The van der Waals surface area contributed by atoms with Gasteiger partial charge in [-0.3, -0.25) is 4.79 Å². The van der Waals surface area contributed by atoms with Crippen LogP contribution in [0, 0.1) is 6.92 Å². The van der Waals surface area contributed by atoms with Crippen LogP contribution in [0.25, 0.3) is 22.4 Å². The minimum absolute atomic E-state index is 0.0718. The summed E-state index contributed by atoms with van der Waals surface area (Å²) in [4.78, 5) is 18.2. The molecule has 1 heterocycles. The lowest BCUT2D eigenvalue weighted by Gasteiger charge is -2.05. The topological polar surface area (TPSA) is 51.2 Å². The fourth-order valence-electron chi connectivity index (χ4n) is 3.26. The van der Waals surface area contributed by atoms with Crippen molar-refractivity contribution in [2.45, 2.75) is 13.3 Å². The van der Waals surface area contributed by atoms with Gasteiger partial charge in [0.05, 0.1) is 19.2 Å². The number of aromatic nitrogens is 1. The van der Waals surface area contributed by atoms with Gasteiger partial charge in [-0.2, -0.15) is 0 Å². The summed E-state index contributed by atoms with van der Waals surface area (Å²) < 4.78 is 5.21. The number of benzene rings is 3. The van der Waals surface area contributed by atoms with Crippen LogP contribution in [0.3, 0.4) is 0 Å². The molecule has 0 saturated heterocycles. The highest BCUT2D eigenvalue weighted by Gasteiger charge is 2.13. The van der Waals surface area contributed by atoms with E-state index in [1.807, 2.05) is 73.7 Å². The molecule has 0 spiro atoms. The van der Waals surface area contributed by atoms with Gasteiger partial charge in [0.15, 0.2) is 5.13 Å². The zero-order chi connectivity index (χ0) is 20.9. The summed E-state index contributed by atoms with van der Waals surface area (Å²) in [6.45, 7) is 2.01. The van der Waals surface area contributed by atoms with Crippen molar-refractivity contribution in [1.29, 1.82) is 0 Å². The number of carbonyl (C=O) groups excluding carboxylic acids is 1. The molecule has 0 radical (unpaired) electrons. The molecule has 150 valence electrons. The second-order valence-electron chi connectivity index (χ2n) is 6.94. The number of nitrogens with zero attached hydrogens (tertiary/aromatic N) is 1. The van der Waals surface area contributed by atoms with Gasteiger partial charge in [-0.25, -0.2) is 4.98 Å². The summed E-state index contributed by atoms with van der Waals surface area (Å²) in [5, 5.41) is 3.55. The highest BCUT2D eigenvalue weighted by molar-refractivity contribution is 7.16. The molecule has 4 rings (SSSR count). The van der Waals surface area contributed by atoms with Crippen LogP contribution in [0.2, 0.25) is 0 Å². The molecule has 0 atom stereocenters. The lowest BCUT2D eigenvalue weighted by molar-refractivity contribution is -0.115. The largest absolute Gasteiger partial charge is 0.497 e. The first kappa shape index (κ1) is 19.9. The molecule has 5 heteroatoms. The van der Waals surface area contributed by atoms with E-state index in [4.69, 9.17) is 4.74 Å². The molecule has 0 saturated carbocycles. The number of carbonyl (C=O) groups is 1. The van der Waals surface area contributed by atoms with Crippen LogP contribution in [0.1, 0.15) is 10.4 Å². The highest BCUT2D eigenvalue weighted by atomic mass is 32.1. The van der Waals surface area contributed by atoms with Crippen molar-refractivity contribution in [3.63, 3.8) is 0 Å². The van der Waals surface area contributed by atoms with E-state index in [9.17, 15) is 4.79 Å². The third-order valence-corrected chi connectivity index (χ3v) is 5.72. The van der Waals surface area contributed by atoms with Gasteiger partial charge in [-0.15, -0.1) is 11.3 Å². The predicted octanol–water partition coefficient (Wildman–Crippen LogP) is 5.98.